The van der Waals surface area contributed by atoms with Crippen molar-refractivity contribution in [2.75, 3.05) is 26.8 Å². The molecule has 1 aliphatic heterocycles. The average molecular weight is 283 g/mol. The predicted octanol–water partition coefficient (Wildman–Crippen LogP) is 1.03. The topological polar surface area (TPSA) is 88.2 Å². The molecule has 6 heteroatoms. The van der Waals surface area contributed by atoms with E-state index in [2.05, 4.69) is 12.1 Å². The van der Waals surface area contributed by atoms with Gasteiger partial charge in [-0.05, 0) is 37.5 Å². The second-order valence-corrected chi connectivity index (χ2v) is 6.32. The zero-order chi connectivity index (χ0) is 14.8. The fraction of sp³-hybridized carbons (Fsp3) is 0.857. The molecule has 3 N–H and O–H groups in total. The standard InChI is InChI=1S/C14H25N3O3/c1-10-7-14(8-10,12(15)16-19)13(18)17(2)9-11-3-5-20-6-4-11/h10-11,19H,3-9H2,1-2H3,(H2,15,16). The highest BCUT2D eigenvalue weighted by Gasteiger charge is 2.53. The molecule has 0 bridgehead atoms. The van der Waals surface area contributed by atoms with Crippen LogP contribution in [0.2, 0.25) is 0 Å². The quantitative estimate of drug-likeness (QED) is 0.349. The smallest absolute Gasteiger partial charge is 0.236 e. The maximum atomic E-state index is 12.7. The number of nitrogens with two attached hydrogens (primary N) is 1. The van der Waals surface area contributed by atoms with Gasteiger partial charge in [-0.3, -0.25) is 4.79 Å². The lowest BCUT2D eigenvalue weighted by molar-refractivity contribution is -0.144. The van der Waals surface area contributed by atoms with E-state index in [-0.39, 0.29) is 11.7 Å². The summed E-state index contributed by atoms with van der Waals surface area (Å²) in [5.74, 6) is 0.965. The summed E-state index contributed by atoms with van der Waals surface area (Å²) in [4.78, 5) is 14.4. The third-order valence-electron chi connectivity index (χ3n) is 4.62. The molecule has 2 rings (SSSR count). The van der Waals surface area contributed by atoms with E-state index in [0.717, 1.165) is 32.6 Å². The molecule has 1 saturated heterocycles. The number of oxime groups is 1. The molecule has 0 atom stereocenters. The van der Waals surface area contributed by atoms with Crippen LogP contribution in [-0.4, -0.2) is 48.7 Å². The summed E-state index contributed by atoms with van der Waals surface area (Å²) in [6.45, 7) is 4.34. The molecule has 1 amide bonds. The summed E-state index contributed by atoms with van der Waals surface area (Å²) in [5.41, 5.74) is 5.00. The number of amides is 1. The van der Waals surface area contributed by atoms with Gasteiger partial charge in [0.25, 0.3) is 0 Å². The number of rotatable bonds is 4. The molecule has 2 fully saturated rings. The van der Waals surface area contributed by atoms with Crippen molar-refractivity contribution < 1.29 is 14.7 Å². The zero-order valence-electron chi connectivity index (χ0n) is 12.3. The van der Waals surface area contributed by atoms with E-state index in [1.165, 1.54) is 0 Å². The van der Waals surface area contributed by atoms with Gasteiger partial charge >= 0.3 is 0 Å². The van der Waals surface area contributed by atoms with Crippen LogP contribution in [0.4, 0.5) is 0 Å². The highest BCUT2D eigenvalue weighted by molar-refractivity contribution is 6.07. The summed E-state index contributed by atoms with van der Waals surface area (Å²) >= 11 is 0. The summed E-state index contributed by atoms with van der Waals surface area (Å²) in [5, 5.41) is 12.0. The van der Waals surface area contributed by atoms with E-state index in [1.54, 1.807) is 4.90 Å². The maximum absolute atomic E-state index is 12.7. The summed E-state index contributed by atoms with van der Waals surface area (Å²) < 4.78 is 5.34. The van der Waals surface area contributed by atoms with Crippen molar-refractivity contribution in [3.05, 3.63) is 0 Å². The Bertz CT molecular complexity index is 385. The minimum absolute atomic E-state index is 0.0163. The van der Waals surface area contributed by atoms with E-state index < -0.39 is 5.41 Å². The van der Waals surface area contributed by atoms with Crippen LogP contribution >= 0.6 is 0 Å². The molecule has 1 aliphatic carbocycles. The van der Waals surface area contributed by atoms with Crippen molar-refractivity contribution in [2.45, 2.75) is 32.6 Å². The molecule has 0 radical (unpaired) electrons. The van der Waals surface area contributed by atoms with Gasteiger partial charge in [-0.1, -0.05) is 12.1 Å². The molecule has 114 valence electrons. The summed E-state index contributed by atoms with van der Waals surface area (Å²) in [7, 11) is 1.81. The van der Waals surface area contributed by atoms with Crippen molar-refractivity contribution in [2.24, 2.45) is 28.1 Å². The lowest BCUT2D eigenvalue weighted by Crippen LogP contribution is -2.57. The number of nitrogens with zero attached hydrogens (tertiary/aromatic N) is 2. The lowest BCUT2D eigenvalue weighted by atomic mass is 9.61. The molecular formula is C14H25N3O3. The van der Waals surface area contributed by atoms with Crippen molar-refractivity contribution in [1.29, 1.82) is 0 Å². The molecule has 0 aromatic carbocycles. The van der Waals surface area contributed by atoms with Crippen LogP contribution in [0.1, 0.15) is 32.6 Å². The van der Waals surface area contributed by atoms with E-state index in [1.807, 2.05) is 7.05 Å². The SMILES string of the molecule is CC1CC(C(=O)N(C)CC2CCOCC2)(C(N)=NO)C1. The number of hydrogen-bond acceptors (Lipinski definition) is 4. The molecule has 0 spiro atoms. The van der Waals surface area contributed by atoms with Crippen LogP contribution in [0.5, 0.6) is 0 Å². The first-order chi connectivity index (χ1) is 9.49. The van der Waals surface area contributed by atoms with Gasteiger partial charge in [-0.25, -0.2) is 0 Å². The average Bonchev–Trinajstić information content (AvgIpc) is 2.43. The van der Waals surface area contributed by atoms with Gasteiger partial charge in [0.05, 0.1) is 0 Å². The van der Waals surface area contributed by atoms with Gasteiger partial charge < -0.3 is 20.6 Å². The number of ether oxygens (including phenoxy) is 1. The molecule has 1 saturated carbocycles. The fourth-order valence-electron chi connectivity index (χ4n) is 3.48. The molecule has 20 heavy (non-hydrogen) atoms. The monoisotopic (exact) mass is 283 g/mol. The molecule has 2 aliphatic rings. The number of carbonyl (C=O) groups excluding carboxylic acids is 1. The Kier molecular flexibility index (Phi) is 4.52. The van der Waals surface area contributed by atoms with E-state index in [9.17, 15) is 4.79 Å². The molecular weight excluding hydrogens is 258 g/mol. The van der Waals surface area contributed by atoms with Gasteiger partial charge in [0.1, 0.15) is 5.41 Å². The molecule has 1 heterocycles. The van der Waals surface area contributed by atoms with Crippen LogP contribution in [0, 0.1) is 17.3 Å². The Hall–Kier alpha value is -1.30. The Morgan fingerprint density at radius 2 is 2.05 bits per heavy atom. The number of hydrogen-bond donors (Lipinski definition) is 2. The van der Waals surface area contributed by atoms with Crippen LogP contribution in [0.25, 0.3) is 0 Å². The first-order valence-electron chi connectivity index (χ1n) is 7.31. The Labute approximate surface area is 119 Å². The minimum Gasteiger partial charge on any atom is -0.409 e. The van der Waals surface area contributed by atoms with Crippen molar-refractivity contribution >= 4 is 11.7 Å². The second-order valence-electron chi connectivity index (χ2n) is 6.32. The van der Waals surface area contributed by atoms with Gasteiger partial charge in [-0.15, -0.1) is 0 Å². The van der Waals surface area contributed by atoms with Crippen molar-refractivity contribution in [3.63, 3.8) is 0 Å². The molecule has 6 nitrogen and oxygen atoms in total. The van der Waals surface area contributed by atoms with Gasteiger partial charge in [0, 0.05) is 26.8 Å². The van der Waals surface area contributed by atoms with Crippen LogP contribution in [0.3, 0.4) is 0 Å². The van der Waals surface area contributed by atoms with Crippen molar-refractivity contribution in [3.8, 4) is 0 Å². The summed E-state index contributed by atoms with van der Waals surface area (Å²) in [6, 6.07) is 0. The molecule has 0 aromatic rings. The first kappa shape index (κ1) is 15.1. The Balaban J connectivity index is 2.00. The second kappa shape index (κ2) is 5.99. The number of amidine groups is 1. The van der Waals surface area contributed by atoms with E-state index in [0.29, 0.717) is 24.7 Å². The lowest BCUT2D eigenvalue weighted by Gasteiger charge is -2.46. The van der Waals surface area contributed by atoms with Gasteiger partial charge in [0.2, 0.25) is 5.91 Å². The highest BCUT2D eigenvalue weighted by atomic mass is 16.5. The van der Waals surface area contributed by atoms with Crippen LogP contribution < -0.4 is 5.73 Å². The Morgan fingerprint density at radius 3 is 2.55 bits per heavy atom. The van der Waals surface area contributed by atoms with E-state index >= 15 is 0 Å². The van der Waals surface area contributed by atoms with Gasteiger partial charge in [-0.2, -0.15) is 0 Å². The Morgan fingerprint density at radius 1 is 1.45 bits per heavy atom. The van der Waals surface area contributed by atoms with Crippen molar-refractivity contribution in [1.82, 2.24) is 4.90 Å². The zero-order valence-corrected chi connectivity index (χ0v) is 12.3. The van der Waals surface area contributed by atoms with Crippen LogP contribution in [-0.2, 0) is 9.53 Å². The largest absolute Gasteiger partial charge is 0.409 e. The summed E-state index contributed by atoms with van der Waals surface area (Å²) in [6.07, 6.45) is 3.31. The van der Waals surface area contributed by atoms with E-state index in [4.69, 9.17) is 15.7 Å². The number of carbonyl (C=O) groups is 1. The third-order valence-corrected chi connectivity index (χ3v) is 4.62. The highest BCUT2D eigenvalue weighted by Crippen LogP contribution is 2.47. The fourth-order valence-corrected chi connectivity index (χ4v) is 3.48. The maximum Gasteiger partial charge on any atom is 0.236 e. The van der Waals surface area contributed by atoms with Gasteiger partial charge in [0.15, 0.2) is 5.84 Å². The third kappa shape index (κ3) is 2.75. The molecule has 0 unspecified atom stereocenters. The minimum atomic E-state index is -0.784. The first-order valence-corrected chi connectivity index (χ1v) is 7.31. The predicted molar refractivity (Wildman–Crippen MR) is 75.4 cm³/mol. The molecule has 0 aromatic heterocycles. The normalized spacial score (nSPS) is 31.7. The van der Waals surface area contributed by atoms with Crippen LogP contribution in [0.15, 0.2) is 5.16 Å².